The number of nitrogens with one attached hydrogen (secondary N) is 1. The topological polar surface area (TPSA) is 47.3 Å². The second kappa shape index (κ2) is 6.56. The van der Waals surface area contributed by atoms with Gasteiger partial charge < -0.3 is 14.5 Å². The SMILES string of the molecule is CCCNCc1ncoc1COCC. The lowest BCUT2D eigenvalue weighted by atomic mass is 10.3. The Morgan fingerprint density at radius 2 is 2.36 bits per heavy atom. The Labute approximate surface area is 84.7 Å². The number of aromatic nitrogens is 1. The monoisotopic (exact) mass is 198 g/mol. The van der Waals surface area contributed by atoms with Crippen molar-refractivity contribution >= 4 is 0 Å². The minimum atomic E-state index is 0.514. The lowest BCUT2D eigenvalue weighted by Gasteiger charge is -2.02. The molecule has 0 atom stereocenters. The van der Waals surface area contributed by atoms with E-state index in [2.05, 4.69) is 17.2 Å². The number of hydrogen-bond donors (Lipinski definition) is 1. The van der Waals surface area contributed by atoms with Crippen LogP contribution in [0.1, 0.15) is 31.7 Å². The van der Waals surface area contributed by atoms with Crippen LogP contribution in [-0.4, -0.2) is 18.1 Å². The summed E-state index contributed by atoms with van der Waals surface area (Å²) in [7, 11) is 0. The van der Waals surface area contributed by atoms with Crippen LogP contribution >= 0.6 is 0 Å². The van der Waals surface area contributed by atoms with Gasteiger partial charge in [0.1, 0.15) is 6.61 Å². The molecule has 1 rings (SSSR count). The van der Waals surface area contributed by atoms with Crippen molar-refractivity contribution in [3.63, 3.8) is 0 Å². The van der Waals surface area contributed by atoms with Crippen LogP contribution in [0.15, 0.2) is 10.8 Å². The van der Waals surface area contributed by atoms with Crippen LogP contribution in [0.4, 0.5) is 0 Å². The first kappa shape index (κ1) is 11.2. The van der Waals surface area contributed by atoms with E-state index in [0.717, 1.165) is 31.0 Å². The van der Waals surface area contributed by atoms with Crippen LogP contribution < -0.4 is 5.32 Å². The van der Waals surface area contributed by atoms with Crippen molar-refractivity contribution in [2.45, 2.75) is 33.4 Å². The average Bonchev–Trinajstić information content (AvgIpc) is 2.63. The summed E-state index contributed by atoms with van der Waals surface area (Å²) >= 11 is 0. The maximum Gasteiger partial charge on any atom is 0.181 e. The minimum Gasteiger partial charge on any atom is -0.446 e. The molecular formula is C10H18N2O2. The molecule has 0 spiro atoms. The van der Waals surface area contributed by atoms with E-state index in [1.165, 1.54) is 6.39 Å². The van der Waals surface area contributed by atoms with Crippen LogP contribution in [0.5, 0.6) is 0 Å². The maximum absolute atomic E-state index is 5.26. The van der Waals surface area contributed by atoms with Crippen molar-refractivity contribution in [1.82, 2.24) is 10.3 Å². The van der Waals surface area contributed by atoms with Gasteiger partial charge in [-0.3, -0.25) is 0 Å². The normalized spacial score (nSPS) is 10.7. The first-order chi connectivity index (χ1) is 6.88. The molecule has 0 unspecified atom stereocenters. The number of nitrogens with zero attached hydrogens (tertiary/aromatic N) is 1. The van der Waals surface area contributed by atoms with Gasteiger partial charge in [0.15, 0.2) is 12.2 Å². The fraction of sp³-hybridized carbons (Fsp3) is 0.700. The van der Waals surface area contributed by atoms with E-state index >= 15 is 0 Å². The summed E-state index contributed by atoms with van der Waals surface area (Å²) in [6.07, 6.45) is 2.59. The summed E-state index contributed by atoms with van der Waals surface area (Å²) in [6.45, 7) is 7.07. The molecule has 0 fully saturated rings. The maximum atomic E-state index is 5.26. The van der Waals surface area contributed by atoms with Crippen molar-refractivity contribution < 1.29 is 9.15 Å². The van der Waals surface area contributed by atoms with Crippen molar-refractivity contribution in [3.05, 3.63) is 17.8 Å². The van der Waals surface area contributed by atoms with E-state index in [1.807, 2.05) is 6.92 Å². The Morgan fingerprint density at radius 1 is 1.50 bits per heavy atom. The molecule has 0 saturated carbocycles. The van der Waals surface area contributed by atoms with Crippen molar-refractivity contribution in [3.8, 4) is 0 Å². The summed E-state index contributed by atoms with van der Waals surface area (Å²) in [6, 6.07) is 0. The third-order valence-electron chi connectivity index (χ3n) is 1.88. The van der Waals surface area contributed by atoms with Gasteiger partial charge >= 0.3 is 0 Å². The van der Waals surface area contributed by atoms with E-state index < -0.39 is 0 Å². The number of hydrogen-bond acceptors (Lipinski definition) is 4. The summed E-state index contributed by atoms with van der Waals surface area (Å²) in [5.74, 6) is 0.829. The van der Waals surface area contributed by atoms with Crippen LogP contribution in [-0.2, 0) is 17.9 Å². The van der Waals surface area contributed by atoms with E-state index in [4.69, 9.17) is 9.15 Å². The molecule has 14 heavy (non-hydrogen) atoms. The molecule has 0 aliphatic rings. The lowest BCUT2D eigenvalue weighted by Crippen LogP contribution is -2.15. The second-order valence-electron chi connectivity index (χ2n) is 3.04. The molecule has 4 heteroatoms. The quantitative estimate of drug-likeness (QED) is 0.677. The molecular weight excluding hydrogens is 180 g/mol. The summed E-state index contributed by atoms with van der Waals surface area (Å²) in [5, 5.41) is 3.28. The zero-order valence-corrected chi connectivity index (χ0v) is 8.88. The molecule has 0 aliphatic heterocycles. The van der Waals surface area contributed by atoms with Crippen molar-refractivity contribution in [2.75, 3.05) is 13.2 Å². The fourth-order valence-corrected chi connectivity index (χ4v) is 1.13. The molecule has 0 aliphatic carbocycles. The Kier molecular flexibility index (Phi) is 5.25. The summed E-state index contributed by atoms with van der Waals surface area (Å²) in [4.78, 5) is 4.13. The molecule has 1 aromatic rings. The number of ether oxygens (including phenoxy) is 1. The molecule has 1 N–H and O–H groups in total. The molecule has 0 bridgehead atoms. The molecule has 80 valence electrons. The Bertz CT molecular complexity index is 248. The standard InChI is InChI=1S/C10H18N2O2/c1-3-5-11-6-9-10(7-13-4-2)14-8-12-9/h8,11H,3-7H2,1-2H3. The zero-order valence-electron chi connectivity index (χ0n) is 8.88. The van der Waals surface area contributed by atoms with Gasteiger partial charge in [0.05, 0.1) is 5.69 Å². The van der Waals surface area contributed by atoms with Gasteiger partial charge in [-0.25, -0.2) is 4.98 Å². The van der Waals surface area contributed by atoms with Gasteiger partial charge in [0.25, 0.3) is 0 Å². The molecule has 0 radical (unpaired) electrons. The largest absolute Gasteiger partial charge is 0.446 e. The van der Waals surface area contributed by atoms with E-state index in [9.17, 15) is 0 Å². The third-order valence-corrected chi connectivity index (χ3v) is 1.88. The van der Waals surface area contributed by atoms with Crippen LogP contribution in [0.2, 0.25) is 0 Å². The Morgan fingerprint density at radius 3 is 3.07 bits per heavy atom. The molecule has 4 nitrogen and oxygen atoms in total. The molecule has 0 aromatic carbocycles. The van der Waals surface area contributed by atoms with Crippen LogP contribution in [0.25, 0.3) is 0 Å². The van der Waals surface area contributed by atoms with E-state index in [-0.39, 0.29) is 0 Å². The first-order valence-electron chi connectivity index (χ1n) is 5.08. The fourth-order valence-electron chi connectivity index (χ4n) is 1.13. The smallest absolute Gasteiger partial charge is 0.181 e. The van der Waals surface area contributed by atoms with Gasteiger partial charge in [-0.05, 0) is 19.9 Å². The predicted molar refractivity (Wildman–Crippen MR) is 53.8 cm³/mol. The highest BCUT2D eigenvalue weighted by molar-refractivity contribution is 5.05. The second-order valence-corrected chi connectivity index (χ2v) is 3.04. The van der Waals surface area contributed by atoms with Crippen molar-refractivity contribution in [2.24, 2.45) is 0 Å². The molecule has 1 heterocycles. The van der Waals surface area contributed by atoms with Gasteiger partial charge in [-0.15, -0.1) is 0 Å². The molecule has 0 amide bonds. The van der Waals surface area contributed by atoms with Crippen LogP contribution in [0.3, 0.4) is 0 Å². The molecule has 0 saturated heterocycles. The lowest BCUT2D eigenvalue weighted by molar-refractivity contribution is 0.117. The zero-order chi connectivity index (χ0) is 10.2. The first-order valence-corrected chi connectivity index (χ1v) is 5.08. The minimum absolute atomic E-state index is 0.514. The highest BCUT2D eigenvalue weighted by atomic mass is 16.5. The van der Waals surface area contributed by atoms with E-state index in [0.29, 0.717) is 13.2 Å². The Hall–Kier alpha value is -0.870. The van der Waals surface area contributed by atoms with Gasteiger partial charge in [-0.1, -0.05) is 6.92 Å². The third kappa shape index (κ3) is 3.47. The predicted octanol–water partition coefficient (Wildman–Crippen LogP) is 1.71. The van der Waals surface area contributed by atoms with Crippen molar-refractivity contribution in [1.29, 1.82) is 0 Å². The van der Waals surface area contributed by atoms with Gasteiger partial charge in [-0.2, -0.15) is 0 Å². The highest BCUT2D eigenvalue weighted by Gasteiger charge is 2.06. The van der Waals surface area contributed by atoms with Gasteiger partial charge in [0, 0.05) is 13.2 Å². The van der Waals surface area contributed by atoms with Gasteiger partial charge in [0.2, 0.25) is 0 Å². The number of oxazole rings is 1. The Balaban J connectivity index is 2.37. The van der Waals surface area contributed by atoms with Crippen LogP contribution in [0, 0.1) is 0 Å². The summed E-state index contributed by atoms with van der Waals surface area (Å²) in [5.41, 5.74) is 0.951. The highest BCUT2D eigenvalue weighted by Crippen LogP contribution is 2.07. The summed E-state index contributed by atoms with van der Waals surface area (Å²) < 4.78 is 10.5. The average molecular weight is 198 g/mol. The molecule has 1 aromatic heterocycles. The number of rotatable bonds is 7. The van der Waals surface area contributed by atoms with E-state index in [1.54, 1.807) is 0 Å².